The maximum Gasteiger partial charge on any atom is 0.0512 e. The highest BCUT2D eigenvalue weighted by atomic mass is 16.3. The average Bonchev–Trinajstić information content (AvgIpc) is 2.02. The number of rotatable bonds is 6. The minimum absolute atomic E-state index is 0.117. The number of aliphatic hydroxyl groups is 1. The van der Waals surface area contributed by atoms with Crippen LogP contribution in [0.4, 0.5) is 0 Å². The van der Waals surface area contributed by atoms with Crippen LogP contribution in [0, 0.1) is 11.8 Å². The molecule has 1 heteroatoms. The first-order chi connectivity index (χ1) is 5.57. The summed E-state index contributed by atoms with van der Waals surface area (Å²) >= 11 is 0. The Balaban J connectivity index is 3.37. The van der Waals surface area contributed by atoms with Gasteiger partial charge in [-0.25, -0.2) is 0 Å². The highest BCUT2D eigenvalue weighted by Gasteiger charge is 2.09. The molecule has 0 aromatic carbocycles. The minimum Gasteiger partial charge on any atom is -0.393 e. The van der Waals surface area contributed by atoms with Gasteiger partial charge in [0, 0.05) is 0 Å². The van der Waals surface area contributed by atoms with Crippen LogP contribution in [-0.4, -0.2) is 11.2 Å². The third-order valence-electron chi connectivity index (χ3n) is 2.90. The largest absolute Gasteiger partial charge is 0.393 e. The molecule has 0 radical (unpaired) electrons. The minimum atomic E-state index is -0.117. The van der Waals surface area contributed by atoms with E-state index in [1.54, 1.807) is 0 Å². The van der Waals surface area contributed by atoms with Crippen molar-refractivity contribution < 1.29 is 5.11 Å². The van der Waals surface area contributed by atoms with E-state index in [0.29, 0.717) is 0 Å². The topological polar surface area (TPSA) is 20.2 Å². The molecular weight excluding hydrogens is 148 g/mol. The van der Waals surface area contributed by atoms with Crippen LogP contribution in [0.3, 0.4) is 0 Å². The van der Waals surface area contributed by atoms with E-state index in [2.05, 4.69) is 20.8 Å². The van der Waals surface area contributed by atoms with Crippen molar-refractivity contribution in [2.45, 2.75) is 59.5 Å². The lowest BCUT2D eigenvalue weighted by atomic mass is 9.89. The summed E-state index contributed by atoms with van der Waals surface area (Å²) in [5, 5.41) is 9.06. The maximum absolute atomic E-state index is 9.06. The molecule has 0 aliphatic heterocycles. The van der Waals surface area contributed by atoms with Gasteiger partial charge in [0.15, 0.2) is 0 Å². The molecule has 74 valence electrons. The van der Waals surface area contributed by atoms with Gasteiger partial charge in [0.1, 0.15) is 0 Å². The number of aliphatic hydroxyl groups excluding tert-OH is 1. The molecule has 0 aliphatic rings. The first-order valence-corrected chi connectivity index (χ1v) is 5.26. The van der Waals surface area contributed by atoms with Gasteiger partial charge in [-0.15, -0.1) is 0 Å². The summed E-state index contributed by atoms with van der Waals surface area (Å²) in [6.45, 7) is 8.74. The zero-order valence-corrected chi connectivity index (χ0v) is 9.01. The van der Waals surface area contributed by atoms with Crippen LogP contribution < -0.4 is 0 Å². The lowest BCUT2D eigenvalue weighted by Crippen LogP contribution is -2.08. The second-order valence-electron chi connectivity index (χ2n) is 4.14. The van der Waals surface area contributed by atoms with E-state index in [4.69, 9.17) is 5.11 Å². The number of hydrogen-bond acceptors (Lipinski definition) is 1. The molecule has 3 atom stereocenters. The average molecular weight is 172 g/mol. The van der Waals surface area contributed by atoms with E-state index in [-0.39, 0.29) is 6.10 Å². The molecule has 0 aromatic heterocycles. The van der Waals surface area contributed by atoms with Gasteiger partial charge >= 0.3 is 0 Å². The van der Waals surface area contributed by atoms with Crippen LogP contribution in [-0.2, 0) is 0 Å². The molecule has 0 aliphatic carbocycles. The molecule has 0 spiro atoms. The summed E-state index contributed by atoms with van der Waals surface area (Å²) in [4.78, 5) is 0. The molecule has 0 amide bonds. The molecular formula is C11H24O. The van der Waals surface area contributed by atoms with E-state index < -0.39 is 0 Å². The zero-order valence-electron chi connectivity index (χ0n) is 9.01. The quantitative estimate of drug-likeness (QED) is 0.652. The Bertz CT molecular complexity index is 99.2. The fourth-order valence-corrected chi connectivity index (χ4v) is 1.42. The van der Waals surface area contributed by atoms with Gasteiger partial charge in [-0.1, -0.05) is 40.0 Å². The predicted molar refractivity (Wildman–Crippen MR) is 54.2 cm³/mol. The fourth-order valence-electron chi connectivity index (χ4n) is 1.42. The molecule has 0 aromatic rings. The van der Waals surface area contributed by atoms with Gasteiger partial charge in [-0.05, 0) is 25.2 Å². The molecule has 12 heavy (non-hydrogen) atoms. The summed E-state index contributed by atoms with van der Waals surface area (Å²) in [6, 6.07) is 0. The first kappa shape index (κ1) is 12.0. The van der Waals surface area contributed by atoms with Gasteiger partial charge in [-0.2, -0.15) is 0 Å². The molecule has 0 saturated heterocycles. The fraction of sp³-hybridized carbons (Fsp3) is 1.00. The molecule has 0 rings (SSSR count). The van der Waals surface area contributed by atoms with E-state index in [1.807, 2.05) is 6.92 Å². The molecule has 3 unspecified atom stereocenters. The Morgan fingerprint density at radius 1 is 1.00 bits per heavy atom. The van der Waals surface area contributed by atoms with E-state index in [9.17, 15) is 0 Å². The third kappa shape index (κ3) is 5.59. The summed E-state index contributed by atoms with van der Waals surface area (Å²) < 4.78 is 0. The van der Waals surface area contributed by atoms with Crippen LogP contribution >= 0.6 is 0 Å². The standard InChI is InChI=1S/C11H24O/c1-5-9(2)10(3)7-6-8-11(4)12/h9-12H,5-8H2,1-4H3. The zero-order chi connectivity index (χ0) is 9.56. The van der Waals surface area contributed by atoms with Gasteiger partial charge < -0.3 is 5.11 Å². The maximum atomic E-state index is 9.06. The van der Waals surface area contributed by atoms with Gasteiger partial charge in [-0.3, -0.25) is 0 Å². The van der Waals surface area contributed by atoms with Crippen molar-refractivity contribution in [1.82, 2.24) is 0 Å². The molecule has 0 fully saturated rings. The normalized spacial score (nSPS) is 18.8. The van der Waals surface area contributed by atoms with Crippen LogP contribution in [0.5, 0.6) is 0 Å². The van der Waals surface area contributed by atoms with Crippen molar-refractivity contribution in [3.8, 4) is 0 Å². The van der Waals surface area contributed by atoms with Gasteiger partial charge in [0.2, 0.25) is 0 Å². The highest BCUT2D eigenvalue weighted by molar-refractivity contribution is 4.61. The van der Waals surface area contributed by atoms with E-state index >= 15 is 0 Å². The second kappa shape index (κ2) is 6.47. The lowest BCUT2D eigenvalue weighted by molar-refractivity contribution is 0.176. The van der Waals surface area contributed by atoms with Crippen molar-refractivity contribution in [2.24, 2.45) is 11.8 Å². The summed E-state index contributed by atoms with van der Waals surface area (Å²) in [7, 11) is 0. The van der Waals surface area contributed by atoms with Crippen molar-refractivity contribution in [3.63, 3.8) is 0 Å². The Morgan fingerprint density at radius 2 is 1.58 bits per heavy atom. The summed E-state index contributed by atoms with van der Waals surface area (Å²) in [6.07, 6.45) is 4.55. The Hall–Kier alpha value is -0.0400. The Morgan fingerprint density at radius 3 is 2.00 bits per heavy atom. The van der Waals surface area contributed by atoms with Gasteiger partial charge in [0.25, 0.3) is 0 Å². The smallest absolute Gasteiger partial charge is 0.0512 e. The molecule has 0 heterocycles. The van der Waals surface area contributed by atoms with Crippen LogP contribution in [0.2, 0.25) is 0 Å². The summed E-state index contributed by atoms with van der Waals surface area (Å²) in [5.74, 6) is 1.65. The van der Waals surface area contributed by atoms with E-state index in [0.717, 1.165) is 18.3 Å². The molecule has 1 N–H and O–H groups in total. The summed E-state index contributed by atoms with van der Waals surface area (Å²) in [5.41, 5.74) is 0. The van der Waals surface area contributed by atoms with Crippen molar-refractivity contribution >= 4 is 0 Å². The third-order valence-corrected chi connectivity index (χ3v) is 2.90. The van der Waals surface area contributed by atoms with Crippen molar-refractivity contribution in [1.29, 1.82) is 0 Å². The van der Waals surface area contributed by atoms with Crippen molar-refractivity contribution in [3.05, 3.63) is 0 Å². The molecule has 0 saturated carbocycles. The van der Waals surface area contributed by atoms with E-state index in [1.165, 1.54) is 19.3 Å². The Kier molecular flexibility index (Phi) is 6.45. The molecule has 1 nitrogen and oxygen atoms in total. The van der Waals surface area contributed by atoms with Crippen LogP contribution in [0.15, 0.2) is 0 Å². The monoisotopic (exact) mass is 172 g/mol. The van der Waals surface area contributed by atoms with Crippen LogP contribution in [0.1, 0.15) is 53.4 Å². The predicted octanol–water partition coefficient (Wildman–Crippen LogP) is 3.22. The second-order valence-corrected chi connectivity index (χ2v) is 4.14. The van der Waals surface area contributed by atoms with Gasteiger partial charge in [0.05, 0.1) is 6.10 Å². The lowest BCUT2D eigenvalue weighted by Gasteiger charge is -2.18. The van der Waals surface area contributed by atoms with Crippen molar-refractivity contribution in [2.75, 3.05) is 0 Å². The Labute approximate surface area is 77.2 Å². The first-order valence-electron chi connectivity index (χ1n) is 5.26. The SMILES string of the molecule is CCC(C)C(C)CCCC(C)O. The molecule has 0 bridgehead atoms. The number of hydrogen-bond donors (Lipinski definition) is 1. The van der Waals surface area contributed by atoms with Crippen LogP contribution in [0.25, 0.3) is 0 Å². The highest BCUT2D eigenvalue weighted by Crippen LogP contribution is 2.20.